The number of hydrogen-bond acceptors (Lipinski definition) is 2. The minimum Gasteiger partial charge on any atom is -0.338 e. The number of unbranched alkanes of at least 4 members (excludes halogenated alkanes) is 1. The van der Waals surface area contributed by atoms with Gasteiger partial charge in [0.25, 0.3) is 0 Å². The smallest absolute Gasteiger partial charge is 0.223 e. The molecule has 2 unspecified atom stereocenters. The lowest BCUT2D eigenvalue weighted by molar-refractivity contribution is -0.135. The average molecular weight is 291 g/mol. The molecule has 0 aromatic carbocycles. The second-order valence-electron chi connectivity index (χ2n) is 5.59. The third kappa shape index (κ3) is 6.13. The van der Waals surface area contributed by atoms with Gasteiger partial charge in [0.1, 0.15) is 0 Å². The van der Waals surface area contributed by atoms with Gasteiger partial charge in [0.05, 0.1) is 0 Å². The number of rotatable bonds is 7. The maximum absolute atomic E-state index is 12.4. The van der Waals surface area contributed by atoms with Gasteiger partial charge in [-0.25, -0.2) is 0 Å². The molecule has 1 amide bonds. The molecule has 1 saturated heterocycles. The van der Waals surface area contributed by atoms with E-state index < -0.39 is 0 Å². The Kier molecular flexibility index (Phi) is 10.3. The van der Waals surface area contributed by atoms with Gasteiger partial charge in [0.15, 0.2) is 0 Å². The number of piperidine rings is 1. The third-order valence-electron chi connectivity index (χ3n) is 4.23. The number of likely N-dealkylation sites (tertiary alicyclic amines) is 1. The largest absolute Gasteiger partial charge is 0.338 e. The highest BCUT2D eigenvalue weighted by Gasteiger charge is 2.26. The van der Waals surface area contributed by atoms with E-state index in [-0.39, 0.29) is 12.4 Å². The Balaban J connectivity index is 0.00000324. The molecule has 1 rings (SSSR count). The van der Waals surface area contributed by atoms with Crippen LogP contribution < -0.4 is 5.73 Å². The summed E-state index contributed by atoms with van der Waals surface area (Å²) in [6, 6.07) is 0.301. The van der Waals surface area contributed by atoms with Gasteiger partial charge in [-0.15, -0.1) is 12.4 Å². The molecule has 1 fully saturated rings. The summed E-state index contributed by atoms with van der Waals surface area (Å²) in [5.41, 5.74) is 5.78. The number of nitrogens with two attached hydrogens (primary N) is 1. The van der Waals surface area contributed by atoms with Crippen molar-refractivity contribution >= 4 is 18.3 Å². The van der Waals surface area contributed by atoms with Gasteiger partial charge in [-0.05, 0) is 31.6 Å². The average Bonchev–Trinajstić information content (AvgIpc) is 2.43. The van der Waals surface area contributed by atoms with Crippen molar-refractivity contribution in [1.29, 1.82) is 0 Å². The van der Waals surface area contributed by atoms with E-state index in [0.717, 1.165) is 32.2 Å². The van der Waals surface area contributed by atoms with Gasteiger partial charge in [-0.3, -0.25) is 4.79 Å². The summed E-state index contributed by atoms with van der Waals surface area (Å²) < 4.78 is 0. The second-order valence-corrected chi connectivity index (χ2v) is 5.59. The van der Waals surface area contributed by atoms with E-state index in [1.807, 2.05) is 0 Å². The Bertz CT molecular complexity index is 248. The Morgan fingerprint density at radius 3 is 2.68 bits per heavy atom. The maximum atomic E-state index is 12.4. The van der Waals surface area contributed by atoms with Crippen LogP contribution in [0.3, 0.4) is 0 Å². The molecule has 2 atom stereocenters. The fraction of sp³-hybridized carbons (Fsp3) is 0.933. The summed E-state index contributed by atoms with van der Waals surface area (Å²) in [5.74, 6) is 0.908. The van der Waals surface area contributed by atoms with Crippen LogP contribution in [0.15, 0.2) is 0 Å². The van der Waals surface area contributed by atoms with Crippen molar-refractivity contribution in [3.63, 3.8) is 0 Å². The zero-order chi connectivity index (χ0) is 13.4. The molecular weight excluding hydrogens is 260 g/mol. The van der Waals surface area contributed by atoms with Crippen molar-refractivity contribution in [2.45, 2.75) is 71.3 Å². The number of carbonyl (C=O) groups excluding carboxylic acids is 1. The summed E-state index contributed by atoms with van der Waals surface area (Å²) in [7, 11) is 0. The van der Waals surface area contributed by atoms with E-state index in [2.05, 4.69) is 18.7 Å². The highest BCUT2D eigenvalue weighted by atomic mass is 35.5. The van der Waals surface area contributed by atoms with Crippen molar-refractivity contribution in [3.8, 4) is 0 Å². The highest BCUT2D eigenvalue weighted by molar-refractivity contribution is 5.85. The Morgan fingerprint density at radius 1 is 1.37 bits per heavy atom. The molecule has 0 aromatic heterocycles. The molecule has 4 heteroatoms. The molecule has 19 heavy (non-hydrogen) atoms. The van der Waals surface area contributed by atoms with Crippen LogP contribution in [0.4, 0.5) is 0 Å². The SMILES string of the molecule is CCCCC(CC)CC(=O)N1CCCCC1CN.Cl. The van der Waals surface area contributed by atoms with Crippen LogP contribution in [0.5, 0.6) is 0 Å². The lowest BCUT2D eigenvalue weighted by Gasteiger charge is -2.36. The first-order chi connectivity index (χ1) is 8.72. The van der Waals surface area contributed by atoms with Gasteiger partial charge in [-0.1, -0.05) is 33.1 Å². The highest BCUT2D eigenvalue weighted by Crippen LogP contribution is 2.22. The van der Waals surface area contributed by atoms with E-state index in [0.29, 0.717) is 24.4 Å². The lowest BCUT2D eigenvalue weighted by Crippen LogP contribution is -2.47. The molecule has 0 radical (unpaired) electrons. The Hall–Kier alpha value is -0.280. The first-order valence-corrected chi connectivity index (χ1v) is 7.72. The fourth-order valence-electron chi connectivity index (χ4n) is 2.88. The van der Waals surface area contributed by atoms with Crippen molar-refractivity contribution < 1.29 is 4.79 Å². The van der Waals surface area contributed by atoms with Crippen LogP contribution in [-0.2, 0) is 4.79 Å². The quantitative estimate of drug-likeness (QED) is 0.781. The van der Waals surface area contributed by atoms with Gasteiger partial charge in [-0.2, -0.15) is 0 Å². The standard InChI is InChI=1S/C15H30N2O.ClH/c1-3-5-8-13(4-2)11-15(18)17-10-7-6-9-14(17)12-16;/h13-14H,3-12,16H2,1-2H3;1H. The van der Waals surface area contributed by atoms with E-state index in [4.69, 9.17) is 5.73 Å². The number of nitrogens with zero attached hydrogens (tertiary/aromatic N) is 1. The maximum Gasteiger partial charge on any atom is 0.223 e. The Morgan fingerprint density at radius 2 is 2.11 bits per heavy atom. The third-order valence-corrected chi connectivity index (χ3v) is 4.23. The van der Waals surface area contributed by atoms with Crippen molar-refractivity contribution in [2.24, 2.45) is 11.7 Å². The molecule has 1 heterocycles. The molecule has 0 spiro atoms. The number of amides is 1. The van der Waals surface area contributed by atoms with E-state index in [1.165, 1.54) is 25.7 Å². The zero-order valence-corrected chi connectivity index (χ0v) is 13.4. The van der Waals surface area contributed by atoms with Crippen molar-refractivity contribution in [1.82, 2.24) is 4.90 Å². The molecule has 2 N–H and O–H groups in total. The molecule has 1 aliphatic rings. The first-order valence-electron chi connectivity index (χ1n) is 7.72. The zero-order valence-electron chi connectivity index (χ0n) is 12.6. The summed E-state index contributed by atoms with van der Waals surface area (Å²) in [4.78, 5) is 14.4. The summed E-state index contributed by atoms with van der Waals surface area (Å²) in [6.45, 7) is 5.95. The number of carbonyl (C=O) groups is 1. The normalized spacial score (nSPS) is 20.8. The van der Waals surface area contributed by atoms with E-state index in [1.54, 1.807) is 0 Å². The van der Waals surface area contributed by atoms with Gasteiger partial charge in [0.2, 0.25) is 5.91 Å². The van der Waals surface area contributed by atoms with Gasteiger partial charge >= 0.3 is 0 Å². The predicted octanol–water partition coefficient (Wildman–Crippen LogP) is 3.35. The molecule has 0 aromatic rings. The topological polar surface area (TPSA) is 46.3 Å². The fourth-order valence-corrected chi connectivity index (χ4v) is 2.88. The molecule has 1 aliphatic heterocycles. The molecular formula is C15H31ClN2O. The van der Waals surface area contributed by atoms with Crippen LogP contribution >= 0.6 is 12.4 Å². The van der Waals surface area contributed by atoms with Crippen LogP contribution in [0.2, 0.25) is 0 Å². The summed E-state index contributed by atoms with van der Waals surface area (Å²) in [6.07, 6.45) is 8.96. The number of hydrogen-bond donors (Lipinski definition) is 1. The van der Waals surface area contributed by atoms with E-state index >= 15 is 0 Å². The minimum absolute atomic E-state index is 0. The van der Waals surface area contributed by atoms with Crippen LogP contribution in [-0.4, -0.2) is 29.9 Å². The monoisotopic (exact) mass is 290 g/mol. The lowest BCUT2D eigenvalue weighted by atomic mass is 9.93. The Labute approximate surface area is 124 Å². The molecule has 0 bridgehead atoms. The van der Waals surface area contributed by atoms with Crippen molar-refractivity contribution in [3.05, 3.63) is 0 Å². The molecule has 114 valence electrons. The van der Waals surface area contributed by atoms with Gasteiger partial charge < -0.3 is 10.6 Å². The van der Waals surface area contributed by atoms with Crippen LogP contribution in [0.25, 0.3) is 0 Å². The van der Waals surface area contributed by atoms with E-state index in [9.17, 15) is 4.79 Å². The van der Waals surface area contributed by atoms with Crippen molar-refractivity contribution in [2.75, 3.05) is 13.1 Å². The molecule has 0 aliphatic carbocycles. The predicted molar refractivity (Wildman–Crippen MR) is 83.6 cm³/mol. The van der Waals surface area contributed by atoms with Crippen LogP contribution in [0, 0.1) is 5.92 Å². The van der Waals surface area contributed by atoms with Crippen LogP contribution in [0.1, 0.15) is 65.2 Å². The van der Waals surface area contributed by atoms with Gasteiger partial charge in [0, 0.05) is 25.6 Å². The molecule has 3 nitrogen and oxygen atoms in total. The summed E-state index contributed by atoms with van der Waals surface area (Å²) in [5, 5.41) is 0. The minimum atomic E-state index is 0. The first kappa shape index (κ1) is 18.7. The number of halogens is 1. The molecule has 0 saturated carbocycles. The summed E-state index contributed by atoms with van der Waals surface area (Å²) >= 11 is 0. The second kappa shape index (κ2) is 10.5.